The van der Waals surface area contributed by atoms with Crippen molar-refractivity contribution in [2.75, 3.05) is 14.2 Å². The van der Waals surface area contributed by atoms with E-state index in [4.69, 9.17) is 0 Å². The molecule has 0 saturated heterocycles. The van der Waals surface area contributed by atoms with Crippen LogP contribution in [0.5, 0.6) is 0 Å². The van der Waals surface area contributed by atoms with Crippen molar-refractivity contribution in [3.63, 3.8) is 0 Å². The van der Waals surface area contributed by atoms with E-state index in [9.17, 15) is 18.4 Å². The molecule has 12 heavy (non-hydrogen) atoms. The molecule has 0 unspecified atom stereocenters. The van der Waals surface area contributed by atoms with E-state index in [1.807, 2.05) is 0 Å². The van der Waals surface area contributed by atoms with E-state index in [2.05, 4.69) is 9.47 Å². The van der Waals surface area contributed by atoms with Gasteiger partial charge in [-0.2, -0.15) is 0 Å². The molecule has 0 aliphatic carbocycles. The first-order valence-electron chi connectivity index (χ1n) is 2.98. The molecule has 0 aromatic rings. The molecule has 0 aliphatic heterocycles. The smallest absolute Gasteiger partial charge is 0.344 e. The summed E-state index contributed by atoms with van der Waals surface area (Å²) in [5.74, 6) is -2.87. The van der Waals surface area contributed by atoms with E-state index >= 15 is 0 Å². The van der Waals surface area contributed by atoms with Crippen LogP contribution in [0.3, 0.4) is 0 Å². The summed E-state index contributed by atoms with van der Waals surface area (Å²) in [5.41, 5.74) is 0. The normalized spacial score (nSPS) is 14.7. The first kappa shape index (κ1) is 10.8. The number of carbonyl (C=O) groups excluding carboxylic acids is 2. The van der Waals surface area contributed by atoms with Gasteiger partial charge in [-0.15, -0.1) is 0 Å². The van der Waals surface area contributed by atoms with Crippen LogP contribution in [0.25, 0.3) is 0 Å². The molecule has 0 aromatic carbocycles. The van der Waals surface area contributed by atoms with Crippen molar-refractivity contribution >= 4 is 11.9 Å². The zero-order valence-electron chi connectivity index (χ0n) is 6.54. The average molecular weight is 182 g/mol. The highest BCUT2D eigenvalue weighted by Gasteiger charge is 2.35. The van der Waals surface area contributed by atoms with Crippen molar-refractivity contribution in [1.82, 2.24) is 0 Å². The lowest BCUT2D eigenvalue weighted by Gasteiger charge is -2.08. The molecule has 70 valence electrons. The van der Waals surface area contributed by atoms with E-state index in [0.29, 0.717) is 0 Å². The number of halogens is 2. The average Bonchev–Trinajstić information content (AvgIpc) is 2.12. The van der Waals surface area contributed by atoms with Gasteiger partial charge in [-0.1, -0.05) is 0 Å². The van der Waals surface area contributed by atoms with E-state index in [0.717, 1.165) is 14.2 Å². The standard InChI is InChI=1S/C6H8F2O4/c1-11-5(9)3(7)4(8)6(10)12-2/h3-4H,1-2H3/t3-,4+. The monoisotopic (exact) mass is 182 g/mol. The zero-order chi connectivity index (χ0) is 9.72. The summed E-state index contributed by atoms with van der Waals surface area (Å²) < 4.78 is 32.7. The van der Waals surface area contributed by atoms with E-state index in [1.165, 1.54) is 0 Å². The summed E-state index contributed by atoms with van der Waals surface area (Å²) in [4.78, 5) is 20.7. The lowest BCUT2D eigenvalue weighted by Crippen LogP contribution is -2.34. The molecule has 0 spiro atoms. The zero-order valence-corrected chi connectivity index (χ0v) is 6.54. The van der Waals surface area contributed by atoms with Gasteiger partial charge in [-0.3, -0.25) is 0 Å². The van der Waals surface area contributed by atoms with Gasteiger partial charge in [0.05, 0.1) is 14.2 Å². The van der Waals surface area contributed by atoms with Crippen LogP contribution in [0, 0.1) is 0 Å². The van der Waals surface area contributed by atoms with E-state index < -0.39 is 24.3 Å². The van der Waals surface area contributed by atoms with Gasteiger partial charge >= 0.3 is 11.9 Å². The molecular formula is C6H8F2O4. The Labute approximate surface area is 67.4 Å². The van der Waals surface area contributed by atoms with Gasteiger partial charge in [-0.05, 0) is 0 Å². The summed E-state index contributed by atoms with van der Waals surface area (Å²) in [6.45, 7) is 0. The second-order valence-electron chi connectivity index (χ2n) is 1.85. The van der Waals surface area contributed by atoms with E-state index in [1.54, 1.807) is 0 Å². The third-order valence-electron chi connectivity index (χ3n) is 1.11. The van der Waals surface area contributed by atoms with Crippen LogP contribution < -0.4 is 0 Å². The molecule has 0 saturated carbocycles. The second-order valence-corrected chi connectivity index (χ2v) is 1.85. The predicted molar refractivity (Wildman–Crippen MR) is 33.8 cm³/mol. The number of esters is 2. The fraction of sp³-hybridized carbons (Fsp3) is 0.667. The molecular weight excluding hydrogens is 174 g/mol. The number of hydrogen-bond donors (Lipinski definition) is 0. The van der Waals surface area contributed by atoms with Crippen LogP contribution in [0.4, 0.5) is 8.78 Å². The summed E-state index contributed by atoms with van der Waals surface area (Å²) in [6, 6.07) is 0. The largest absolute Gasteiger partial charge is 0.467 e. The number of rotatable bonds is 3. The van der Waals surface area contributed by atoms with Crippen LogP contribution in [-0.4, -0.2) is 38.5 Å². The van der Waals surface area contributed by atoms with Gasteiger partial charge in [0.25, 0.3) is 0 Å². The van der Waals surface area contributed by atoms with Crippen molar-refractivity contribution in [2.24, 2.45) is 0 Å². The van der Waals surface area contributed by atoms with Gasteiger partial charge in [-0.25, -0.2) is 18.4 Å². The second kappa shape index (κ2) is 4.63. The summed E-state index contributed by atoms with van der Waals surface area (Å²) in [5, 5.41) is 0. The Morgan fingerprint density at radius 2 is 1.25 bits per heavy atom. The van der Waals surface area contributed by atoms with Crippen LogP contribution >= 0.6 is 0 Å². The summed E-state index contributed by atoms with van der Waals surface area (Å²) in [6.07, 6.45) is -5.25. The van der Waals surface area contributed by atoms with Crippen LogP contribution in [0.15, 0.2) is 0 Å². The lowest BCUT2D eigenvalue weighted by molar-refractivity contribution is -0.159. The molecule has 0 heterocycles. The first-order chi connectivity index (χ1) is 5.54. The number of alkyl halides is 2. The predicted octanol–water partition coefficient (Wildman–Crippen LogP) is 0.00860. The molecule has 0 fully saturated rings. The lowest BCUT2D eigenvalue weighted by atomic mass is 10.2. The summed E-state index contributed by atoms with van der Waals surface area (Å²) >= 11 is 0. The van der Waals surface area contributed by atoms with Crippen LogP contribution in [-0.2, 0) is 19.1 Å². The van der Waals surface area contributed by atoms with Crippen LogP contribution in [0.1, 0.15) is 0 Å². The molecule has 4 nitrogen and oxygen atoms in total. The maximum absolute atomic E-state index is 12.5. The van der Waals surface area contributed by atoms with E-state index in [-0.39, 0.29) is 0 Å². The Kier molecular flexibility index (Phi) is 4.17. The Morgan fingerprint density at radius 3 is 1.42 bits per heavy atom. The number of methoxy groups -OCH3 is 2. The Morgan fingerprint density at radius 1 is 1.00 bits per heavy atom. The number of hydrogen-bond acceptors (Lipinski definition) is 4. The van der Waals surface area contributed by atoms with Crippen molar-refractivity contribution in [3.8, 4) is 0 Å². The van der Waals surface area contributed by atoms with Crippen molar-refractivity contribution in [3.05, 3.63) is 0 Å². The van der Waals surface area contributed by atoms with Crippen molar-refractivity contribution in [2.45, 2.75) is 12.3 Å². The highest BCUT2D eigenvalue weighted by Crippen LogP contribution is 2.07. The maximum atomic E-state index is 12.5. The topological polar surface area (TPSA) is 52.6 Å². The minimum atomic E-state index is -2.62. The fourth-order valence-electron chi connectivity index (χ4n) is 0.464. The maximum Gasteiger partial charge on any atom is 0.344 e. The SMILES string of the molecule is COC(=O)[C@@H](F)[C@@H](F)C(=O)OC. The molecule has 0 bridgehead atoms. The molecule has 0 rings (SSSR count). The molecule has 0 aliphatic rings. The molecule has 0 N–H and O–H groups in total. The highest BCUT2D eigenvalue weighted by molar-refractivity contribution is 5.85. The van der Waals surface area contributed by atoms with Gasteiger partial charge in [0.2, 0.25) is 12.3 Å². The molecule has 0 amide bonds. The molecule has 0 radical (unpaired) electrons. The van der Waals surface area contributed by atoms with Gasteiger partial charge in [0, 0.05) is 0 Å². The molecule has 0 aromatic heterocycles. The quantitative estimate of drug-likeness (QED) is 0.577. The minimum Gasteiger partial charge on any atom is -0.467 e. The number of ether oxygens (including phenoxy) is 2. The molecule has 2 atom stereocenters. The Hall–Kier alpha value is -1.20. The Balaban J connectivity index is 4.18. The van der Waals surface area contributed by atoms with Gasteiger partial charge in [0.15, 0.2) is 0 Å². The third kappa shape index (κ3) is 2.44. The third-order valence-corrected chi connectivity index (χ3v) is 1.11. The first-order valence-corrected chi connectivity index (χ1v) is 2.98. The molecule has 6 heteroatoms. The summed E-state index contributed by atoms with van der Waals surface area (Å²) in [7, 11) is 1.78. The van der Waals surface area contributed by atoms with Crippen molar-refractivity contribution < 1.29 is 27.8 Å². The van der Waals surface area contributed by atoms with Crippen molar-refractivity contribution in [1.29, 1.82) is 0 Å². The number of carbonyl (C=O) groups is 2. The fourth-order valence-corrected chi connectivity index (χ4v) is 0.464. The highest BCUT2D eigenvalue weighted by atomic mass is 19.2. The minimum absolute atomic E-state index is 0.888. The van der Waals surface area contributed by atoms with Gasteiger partial charge in [0.1, 0.15) is 0 Å². The Bertz CT molecular complexity index is 162. The van der Waals surface area contributed by atoms with Gasteiger partial charge < -0.3 is 9.47 Å². The van der Waals surface area contributed by atoms with Crippen LogP contribution in [0.2, 0.25) is 0 Å².